The first-order valence-corrected chi connectivity index (χ1v) is 11.5. The monoisotopic (exact) mass is 496 g/mol. The average molecular weight is 496 g/mol. The number of aryl methyl sites for hydroxylation is 1. The number of rotatable bonds is 4. The molecule has 36 heavy (non-hydrogen) atoms. The highest BCUT2D eigenvalue weighted by atomic mass is 19.4. The number of amides is 1. The first-order valence-electron chi connectivity index (χ1n) is 11.5. The second-order valence-electron chi connectivity index (χ2n) is 9.06. The van der Waals surface area contributed by atoms with E-state index in [4.69, 9.17) is 0 Å². The van der Waals surface area contributed by atoms with Crippen LogP contribution in [0.5, 0.6) is 0 Å². The number of halogens is 3. The molecule has 2 aromatic carbocycles. The Balaban J connectivity index is 1.54. The molecule has 0 aliphatic carbocycles. The fourth-order valence-electron chi connectivity index (χ4n) is 5.02. The van der Waals surface area contributed by atoms with Crippen molar-refractivity contribution in [3.05, 3.63) is 80.7 Å². The smallest absolute Gasteiger partial charge is 0.366 e. The number of fused-ring (bicyclic) bond motifs is 1. The average Bonchev–Trinajstić information content (AvgIpc) is 3.52. The minimum atomic E-state index is -4.51. The number of hydrogen-bond donors (Lipinski definition) is 1. The van der Waals surface area contributed by atoms with Crippen LogP contribution in [0.4, 0.5) is 30.2 Å². The number of anilines is 2. The Kier molecular flexibility index (Phi) is 5.61. The van der Waals surface area contributed by atoms with E-state index in [1.165, 1.54) is 6.07 Å². The molecule has 0 spiro atoms. The third-order valence-corrected chi connectivity index (χ3v) is 6.76. The Morgan fingerprint density at radius 1 is 1.06 bits per heavy atom. The number of nitrogens with one attached hydrogen (secondary N) is 1. The molecule has 2 aliphatic rings. The highest BCUT2D eigenvalue weighted by molar-refractivity contribution is 6.35. The zero-order valence-corrected chi connectivity index (χ0v) is 19.6. The summed E-state index contributed by atoms with van der Waals surface area (Å²) in [6.07, 6.45) is -0.869. The highest BCUT2D eigenvalue weighted by Crippen LogP contribution is 2.39. The van der Waals surface area contributed by atoms with E-state index >= 15 is 0 Å². The summed E-state index contributed by atoms with van der Waals surface area (Å²) in [4.78, 5) is 26.1. The molecule has 1 saturated heterocycles. The van der Waals surface area contributed by atoms with Crippen LogP contribution in [-0.4, -0.2) is 28.5 Å². The molecule has 1 fully saturated rings. The second kappa shape index (κ2) is 8.54. The van der Waals surface area contributed by atoms with E-state index in [0.717, 1.165) is 49.5 Å². The third-order valence-electron chi connectivity index (χ3n) is 6.76. The van der Waals surface area contributed by atoms with Gasteiger partial charge in [-0.25, -0.2) is 0 Å². The van der Waals surface area contributed by atoms with Gasteiger partial charge in [-0.2, -0.15) is 13.2 Å². The van der Waals surface area contributed by atoms with Gasteiger partial charge in [-0.1, -0.05) is 6.07 Å². The molecule has 7 nitrogen and oxygen atoms in total. The van der Waals surface area contributed by atoms with Gasteiger partial charge in [0, 0.05) is 47.4 Å². The lowest BCUT2D eigenvalue weighted by Crippen LogP contribution is -2.19. The Morgan fingerprint density at radius 2 is 1.78 bits per heavy atom. The third kappa shape index (κ3) is 4.02. The Hall–Kier alpha value is -4.08. The van der Waals surface area contributed by atoms with Gasteiger partial charge < -0.3 is 14.8 Å². The van der Waals surface area contributed by atoms with Gasteiger partial charge >= 0.3 is 6.18 Å². The van der Waals surface area contributed by atoms with Crippen LogP contribution >= 0.6 is 0 Å². The summed E-state index contributed by atoms with van der Waals surface area (Å²) in [5.74, 6) is -0.486. The second-order valence-corrected chi connectivity index (χ2v) is 9.06. The van der Waals surface area contributed by atoms with E-state index in [1.807, 2.05) is 35.4 Å². The minimum absolute atomic E-state index is 0.0337. The molecule has 0 bridgehead atoms. The molecule has 1 aromatic heterocycles. The molecule has 186 valence electrons. The molecule has 1 amide bonds. The van der Waals surface area contributed by atoms with E-state index in [0.29, 0.717) is 22.5 Å². The zero-order valence-electron chi connectivity index (χ0n) is 19.6. The predicted octanol–water partition coefficient (Wildman–Crippen LogP) is 6.11. The predicted molar refractivity (Wildman–Crippen MR) is 131 cm³/mol. The molecule has 5 rings (SSSR count). The maximum absolute atomic E-state index is 13.1. The van der Waals surface area contributed by atoms with Crippen LogP contribution < -0.4 is 10.2 Å². The van der Waals surface area contributed by atoms with Crippen LogP contribution in [0.3, 0.4) is 0 Å². The van der Waals surface area contributed by atoms with Gasteiger partial charge in [0.15, 0.2) is 0 Å². The van der Waals surface area contributed by atoms with Crippen LogP contribution in [0.1, 0.15) is 40.9 Å². The molecule has 0 radical (unpaired) electrons. The van der Waals surface area contributed by atoms with Gasteiger partial charge in [0.1, 0.15) is 5.69 Å². The first-order chi connectivity index (χ1) is 17.0. The van der Waals surface area contributed by atoms with Gasteiger partial charge in [0.05, 0.1) is 16.2 Å². The number of carbonyl (C=O) groups excluding carboxylic acids is 1. The van der Waals surface area contributed by atoms with Crippen molar-refractivity contribution in [2.24, 2.45) is 0 Å². The van der Waals surface area contributed by atoms with Gasteiger partial charge in [-0.3, -0.25) is 14.9 Å². The van der Waals surface area contributed by atoms with Crippen LogP contribution in [0.2, 0.25) is 0 Å². The van der Waals surface area contributed by atoms with Crippen LogP contribution in [0.25, 0.3) is 17.3 Å². The summed E-state index contributed by atoms with van der Waals surface area (Å²) < 4.78 is 41.1. The van der Waals surface area contributed by atoms with Crippen molar-refractivity contribution in [3.63, 3.8) is 0 Å². The van der Waals surface area contributed by atoms with E-state index in [-0.39, 0.29) is 21.9 Å². The molecule has 0 atom stereocenters. The standard InChI is InChI=1S/C26H23F3N4O3/c1-15-11-17(12-21-20-7-5-18(26(27,28)29)13-22(20)30-25(21)34)16(2)32(15)19-6-8-23(24(14-19)33(35)36)31-9-3-4-10-31/h5-8,11-14H,3-4,9-10H2,1-2H3,(H,30,34)/b21-12+. The largest absolute Gasteiger partial charge is 0.416 e. The van der Waals surface area contributed by atoms with Gasteiger partial charge in [-0.05, 0) is 68.7 Å². The number of nitrogens with zero attached hydrogens (tertiary/aromatic N) is 3. The van der Waals surface area contributed by atoms with Crippen molar-refractivity contribution in [2.45, 2.75) is 32.9 Å². The SMILES string of the molecule is Cc1cc(/C=C2/C(=O)Nc3cc(C(F)(F)F)ccc32)c(C)n1-c1ccc(N2CCCC2)c([N+](=O)[O-])c1. The van der Waals surface area contributed by atoms with E-state index in [2.05, 4.69) is 5.32 Å². The lowest BCUT2D eigenvalue weighted by molar-refractivity contribution is -0.384. The summed E-state index contributed by atoms with van der Waals surface area (Å²) in [7, 11) is 0. The number of nitro benzene ring substituents is 1. The molecule has 3 aromatic rings. The fraction of sp³-hybridized carbons (Fsp3) is 0.269. The fourth-order valence-corrected chi connectivity index (χ4v) is 5.02. The van der Waals surface area contributed by atoms with Gasteiger partial charge in [0.2, 0.25) is 0 Å². The van der Waals surface area contributed by atoms with Crippen molar-refractivity contribution < 1.29 is 22.9 Å². The molecule has 3 heterocycles. The maximum Gasteiger partial charge on any atom is 0.416 e. The molecule has 0 unspecified atom stereocenters. The number of nitro groups is 1. The summed E-state index contributed by atoms with van der Waals surface area (Å²) >= 11 is 0. The summed E-state index contributed by atoms with van der Waals surface area (Å²) in [6, 6.07) is 10.2. The quantitative estimate of drug-likeness (QED) is 0.268. The normalized spacial score (nSPS) is 16.5. The van der Waals surface area contributed by atoms with Crippen molar-refractivity contribution in [1.29, 1.82) is 0 Å². The van der Waals surface area contributed by atoms with Crippen LogP contribution in [-0.2, 0) is 11.0 Å². The number of alkyl halides is 3. The molecule has 10 heteroatoms. The highest BCUT2D eigenvalue weighted by Gasteiger charge is 2.34. The number of aromatic nitrogens is 1. The summed E-state index contributed by atoms with van der Waals surface area (Å²) in [6.45, 7) is 5.26. The molecule has 2 aliphatic heterocycles. The molecule has 0 saturated carbocycles. The number of benzene rings is 2. The molecule has 1 N–H and O–H groups in total. The van der Waals surface area contributed by atoms with Crippen LogP contribution in [0.15, 0.2) is 42.5 Å². The van der Waals surface area contributed by atoms with Crippen molar-refractivity contribution in [1.82, 2.24) is 4.57 Å². The topological polar surface area (TPSA) is 80.4 Å². The molecular formula is C26H23F3N4O3. The Labute approximate surface area is 205 Å². The lowest BCUT2D eigenvalue weighted by Gasteiger charge is -2.19. The van der Waals surface area contributed by atoms with Gasteiger partial charge in [-0.15, -0.1) is 0 Å². The Morgan fingerprint density at radius 3 is 2.44 bits per heavy atom. The van der Waals surface area contributed by atoms with Crippen LogP contribution in [0, 0.1) is 24.0 Å². The van der Waals surface area contributed by atoms with Crippen molar-refractivity contribution in [3.8, 4) is 5.69 Å². The number of carbonyl (C=O) groups is 1. The van der Waals surface area contributed by atoms with E-state index in [9.17, 15) is 28.1 Å². The minimum Gasteiger partial charge on any atom is -0.366 e. The zero-order chi connectivity index (χ0) is 25.8. The van der Waals surface area contributed by atoms with E-state index < -0.39 is 17.6 Å². The maximum atomic E-state index is 13.1. The first kappa shape index (κ1) is 23.7. The van der Waals surface area contributed by atoms with Gasteiger partial charge in [0.25, 0.3) is 11.6 Å². The summed E-state index contributed by atoms with van der Waals surface area (Å²) in [5, 5.41) is 14.4. The Bertz CT molecular complexity index is 1430. The number of hydrogen-bond acceptors (Lipinski definition) is 4. The lowest BCUT2D eigenvalue weighted by atomic mass is 10.0. The van der Waals surface area contributed by atoms with Crippen molar-refractivity contribution in [2.75, 3.05) is 23.3 Å². The molecular weight excluding hydrogens is 473 g/mol. The van der Waals surface area contributed by atoms with E-state index in [1.54, 1.807) is 18.2 Å². The van der Waals surface area contributed by atoms with Crippen molar-refractivity contribution >= 4 is 34.6 Å². The summed E-state index contributed by atoms with van der Waals surface area (Å²) in [5.41, 5.74) is 3.42.